The molecule has 0 saturated carbocycles. The lowest BCUT2D eigenvalue weighted by atomic mass is 10.0. The molecule has 0 saturated heterocycles. The van der Waals surface area contributed by atoms with E-state index in [-0.39, 0.29) is 6.04 Å². The molecule has 0 aliphatic carbocycles. The monoisotopic (exact) mass is 288 g/mol. The minimum absolute atomic E-state index is 0.0361. The molecule has 0 fully saturated rings. The van der Waals surface area contributed by atoms with Gasteiger partial charge in [-0.25, -0.2) is 4.98 Å². The summed E-state index contributed by atoms with van der Waals surface area (Å²) in [6.07, 6.45) is 1.13. The molecule has 1 atom stereocenters. The zero-order valence-corrected chi connectivity index (χ0v) is 13.6. The Kier molecular flexibility index (Phi) is 4.95. The lowest BCUT2D eigenvalue weighted by Crippen LogP contribution is -2.16. The molecule has 0 radical (unpaired) electrons. The molecule has 2 nitrogen and oxygen atoms in total. The van der Waals surface area contributed by atoms with Gasteiger partial charge in [-0.2, -0.15) is 0 Å². The largest absolute Gasteiger partial charge is 0.322 e. The maximum absolute atomic E-state index is 6.16. The Morgan fingerprint density at radius 3 is 2.30 bits per heavy atom. The summed E-state index contributed by atoms with van der Waals surface area (Å²) in [4.78, 5) is 4.69. The van der Waals surface area contributed by atoms with Crippen LogP contribution >= 0.6 is 11.3 Å². The van der Waals surface area contributed by atoms with Gasteiger partial charge in [-0.1, -0.05) is 52.0 Å². The van der Waals surface area contributed by atoms with Crippen molar-refractivity contribution < 1.29 is 0 Å². The summed E-state index contributed by atoms with van der Waals surface area (Å²) in [5.41, 5.74) is 9.76. The predicted molar refractivity (Wildman–Crippen MR) is 87.9 cm³/mol. The minimum atomic E-state index is 0.0361. The van der Waals surface area contributed by atoms with Crippen molar-refractivity contribution in [2.45, 2.75) is 40.2 Å². The maximum atomic E-state index is 6.16. The van der Waals surface area contributed by atoms with Crippen LogP contribution in [-0.4, -0.2) is 4.98 Å². The zero-order valence-electron chi connectivity index (χ0n) is 12.8. The van der Waals surface area contributed by atoms with E-state index in [1.165, 1.54) is 11.1 Å². The summed E-state index contributed by atoms with van der Waals surface area (Å²) in [6, 6.07) is 8.77. The standard InChI is InChI=1S/C17H24N2S/c1-11(2)9-13-5-7-14(8-6-13)15-10-20-17(19-15)16(18)12(3)4/h5-8,10-12,16H,9,18H2,1-4H3. The summed E-state index contributed by atoms with van der Waals surface area (Å²) in [6.45, 7) is 8.75. The minimum Gasteiger partial charge on any atom is -0.322 e. The first kappa shape index (κ1) is 15.2. The molecule has 1 unspecified atom stereocenters. The van der Waals surface area contributed by atoms with Crippen LogP contribution in [0.15, 0.2) is 29.6 Å². The fourth-order valence-electron chi connectivity index (χ4n) is 2.14. The molecule has 0 aliphatic heterocycles. The first-order valence-electron chi connectivity index (χ1n) is 7.27. The van der Waals surface area contributed by atoms with E-state index in [0.29, 0.717) is 11.8 Å². The van der Waals surface area contributed by atoms with Crippen LogP contribution in [-0.2, 0) is 6.42 Å². The van der Waals surface area contributed by atoms with Gasteiger partial charge in [-0.15, -0.1) is 11.3 Å². The highest BCUT2D eigenvalue weighted by Crippen LogP contribution is 2.28. The highest BCUT2D eigenvalue weighted by atomic mass is 32.1. The molecule has 0 bridgehead atoms. The lowest BCUT2D eigenvalue weighted by Gasteiger charge is -2.11. The first-order valence-corrected chi connectivity index (χ1v) is 8.15. The molecular weight excluding hydrogens is 264 g/mol. The molecule has 2 rings (SSSR count). The Balaban J connectivity index is 2.16. The van der Waals surface area contributed by atoms with E-state index in [1.54, 1.807) is 11.3 Å². The van der Waals surface area contributed by atoms with Crippen molar-refractivity contribution in [3.8, 4) is 11.3 Å². The van der Waals surface area contributed by atoms with Gasteiger partial charge in [0.25, 0.3) is 0 Å². The van der Waals surface area contributed by atoms with Gasteiger partial charge < -0.3 is 5.73 Å². The Morgan fingerprint density at radius 2 is 1.75 bits per heavy atom. The third-order valence-corrected chi connectivity index (χ3v) is 4.37. The van der Waals surface area contributed by atoms with Gasteiger partial charge in [0.05, 0.1) is 11.7 Å². The van der Waals surface area contributed by atoms with Crippen LogP contribution in [0.3, 0.4) is 0 Å². The van der Waals surface area contributed by atoms with Crippen LogP contribution in [0.1, 0.15) is 44.3 Å². The van der Waals surface area contributed by atoms with Gasteiger partial charge in [0.1, 0.15) is 5.01 Å². The summed E-state index contributed by atoms with van der Waals surface area (Å²) in [5, 5.41) is 3.14. The van der Waals surface area contributed by atoms with E-state index < -0.39 is 0 Å². The van der Waals surface area contributed by atoms with Crippen molar-refractivity contribution in [1.29, 1.82) is 0 Å². The summed E-state index contributed by atoms with van der Waals surface area (Å²) >= 11 is 1.66. The molecule has 0 spiro atoms. The van der Waals surface area contributed by atoms with Crippen molar-refractivity contribution in [2.75, 3.05) is 0 Å². The first-order chi connectivity index (χ1) is 9.47. The second-order valence-corrected chi connectivity index (χ2v) is 7.03. The summed E-state index contributed by atoms with van der Waals surface area (Å²) in [5.74, 6) is 1.11. The normalized spacial score (nSPS) is 13.2. The molecular formula is C17H24N2S. The number of hydrogen-bond donors (Lipinski definition) is 1. The SMILES string of the molecule is CC(C)Cc1ccc(-c2csc(C(N)C(C)C)n2)cc1. The number of benzene rings is 1. The topological polar surface area (TPSA) is 38.9 Å². The summed E-state index contributed by atoms with van der Waals surface area (Å²) in [7, 11) is 0. The Bertz CT molecular complexity index is 540. The predicted octanol–water partition coefficient (Wildman–Crippen LogP) is 4.66. The number of nitrogens with zero attached hydrogens (tertiary/aromatic N) is 1. The van der Waals surface area contributed by atoms with Gasteiger partial charge in [0.2, 0.25) is 0 Å². The molecule has 0 aliphatic rings. The van der Waals surface area contributed by atoms with Gasteiger partial charge in [-0.05, 0) is 23.8 Å². The molecule has 3 heteroatoms. The van der Waals surface area contributed by atoms with Crippen LogP contribution in [0.4, 0.5) is 0 Å². The Hall–Kier alpha value is -1.19. The van der Waals surface area contributed by atoms with Crippen LogP contribution < -0.4 is 5.73 Å². The van der Waals surface area contributed by atoms with Crippen molar-refractivity contribution >= 4 is 11.3 Å². The number of aromatic nitrogens is 1. The second kappa shape index (κ2) is 6.51. The van der Waals surface area contributed by atoms with Gasteiger partial charge >= 0.3 is 0 Å². The highest BCUT2D eigenvalue weighted by Gasteiger charge is 2.15. The molecule has 1 heterocycles. The van der Waals surface area contributed by atoms with Gasteiger partial charge in [-0.3, -0.25) is 0 Å². The quantitative estimate of drug-likeness (QED) is 0.868. The Morgan fingerprint density at radius 1 is 1.10 bits per heavy atom. The number of hydrogen-bond acceptors (Lipinski definition) is 3. The average molecular weight is 288 g/mol. The smallest absolute Gasteiger partial charge is 0.110 e. The number of nitrogens with two attached hydrogens (primary N) is 1. The van der Waals surface area contributed by atoms with Crippen LogP contribution in [0, 0.1) is 11.8 Å². The van der Waals surface area contributed by atoms with E-state index in [4.69, 9.17) is 5.73 Å². The third-order valence-electron chi connectivity index (χ3n) is 3.42. The number of rotatable bonds is 5. The summed E-state index contributed by atoms with van der Waals surface area (Å²) < 4.78 is 0. The van der Waals surface area contributed by atoms with E-state index in [1.807, 2.05) is 0 Å². The van der Waals surface area contributed by atoms with E-state index in [0.717, 1.165) is 17.1 Å². The molecule has 1 aromatic carbocycles. The molecule has 0 amide bonds. The van der Waals surface area contributed by atoms with Gasteiger partial charge in [0, 0.05) is 10.9 Å². The lowest BCUT2D eigenvalue weighted by molar-refractivity contribution is 0.512. The van der Waals surface area contributed by atoms with Crippen molar-refractivity contribution in [3.05, 3.63) is 40.2 Å². The van der Waals surface area contributed by atoms with Crippen molar-refractivity contribution in [3.63, 3.8) is 0 Å². The molecule has 2 N–H and O–H groups in total. The Labute approximate surface area is 126 Å². The van der Waals surface area contributed by atoms with Crippen molar-refractivity contribution in [1.82, 2.24) is 4.98 Å². The number of thiazole rings is 1. The van der Waals surface area contributed by atoms with Crippen LogP contribution in [0.5, 0.6) is 0 Å². The molecule has 108 valence electrons. The van der Waals surface area contributed by atoms with Gasteiger partial charge in [0.15, 0.2) is 0 Å². The maximum Gasteiger partial charge on any atom is 0.110 e. The van der Waals surface area contributed by atoms with E-state index in [9.17, 15) is 0 Å². The highest BCUT2D eigenvalue weighted by molar-refractivity contribution is 7.10. The molecule has 2 aromatic rings. The fourth-order valence-corrected chi connectivity index (χ4v) is 3.14. The average Bonchev–Trinajstić information content (AvgIpc) is 2.87. The molecule has 20 heavy (non-hydrogen) atoms. The van der Waals surface area contributed by atoms with Crippen LogP contribution in [0.25, 0.3) is 11.3 Å². The zero-order chi connectivity index (χ0) is 14.7. The van der Waals surface area contributed by atoms with E-state index in [2.05, 4.69) is 62.3 Å². The van der Waals surface area contributed by atoms with E-state index >= 15 is 0 Å². The molecule has 1 aromatic heterocycles. The van der Waals surface area contributed by atoms with Crippen molar-refractivity contribution in [2.24, 2.45) is 17.6 Å². The second-order valence-electron chi connectivity index (χ2n) is 6.14. The third kappa shape index (κ3) is 3.68. The van der Waals surface area contributed by atoms with Crippen LogP contribution in [0.2, 0.25) is 0 Å². The fraction of sp³-hybridized carbons (Fsp3) is 0.471.